The average molecular weight is 235 g/mol. The molecule has 1 atom stereocenters. The summed E-state index contributed by atoms with van der Waals surface area (Å²) in [6.45, 7) is 4.33. The van der Waals surface area contributed by atoms with Gasteiger partial charge in [-0.15, -0.1) is 0 Å². The van der Waals surface area contributed by atoms with Crippen molar-refractivity contribution in [3.8, 4) is 0 Å². The van der Waals surface area contributed by atoms with Gasteiger partial charge in [-0.1, -0.05) is 0 Å². The Morgan fingerprint density at radius 3 is 1.94 bits per heavy atom. The number of hydrogen-bond acceptors (Lipinski definition) is 2. The number of hydrogen-bond donors (Lipinski definition) is 1. The highest BCUT2D eigenvalue weighted by Gasteiger charge is 2.53. The molecule has 1 N–H and O–H groups in total. The predicted molar refractivity (Wildman–Crippen MR) is 67.8 cm³/mol. The van der Waals surface area contributed by atoms with Crippen LogP contribution in [0.2, 0.25) is 0 Å². The molecule has 0 radical (unpaired) electrons. The van der Waals surface area contributed by atoms with E-state index in [1.165, 1.54) is 19.3 Å². The second kappa shape index (κ2) is 3.71. The van der Waals surface area contributed by atoms with Crippen LogP contribution in [0.15, 0.2) is 0 Å². The maximum absolute atomic E-state index is 5.29. The zero-order valence-electron chi connectivity index (χ0n) is 11.0. The van der Waals surface area contributed by atoms with Gasteiger partial charge in [0.1, 0.15) is 0 Å². The molecule has 0 aromatic rings. The first-order valence-corrected chi connectivity index (χ1v) is 7.57. The molecule has 0 spiro atoms. The van der Waals surface area contributed by atoms with Crippen molar-refractivity contribution in [3.05, 3.63) is 0 Å². The van der Waals surface area contributed by atoms with E-state index in [9.17, 15) is 0 Å². The molecule has 1 aliphatic heterocycles. The van der Waals surface area contributed by atoms with E-state index < -0.39 is 0 Å². The summed E-state index contributed by atoms with van der Waals surface area (Å²) >= 11 is 0. The Kier molecular flexibility index (Phi) is 2.36. The van der Waals surface area contributed by atoms with Crippen LogP contribution in [0.25, 0.3) is 0 Å². The van der Waals surface area contributed by atoms with E-state index in [2.05, 4.69) is 12.2 Å². The molecule has 4 bridgehead atoms. The van der Waals surface area contributed by atoms with Crippen molar-refractivity contribution in [2.24, 2.45) is 23.2 Å². The normalized spacial score (nSPS) is 50.3. The standard InChI is InChI=1S/C15H25NO/c1-10(16-14-8-17-9-14)15-5-11-2-12(6-15)4-13(3-11)7-15/h10-14,16H,2-9H2,1H3. The smallest absolute Gasteiger partial charge is 0.0643 e. The molecule has 96 valence electrons. The summed E-state index contributed by atoms with van der Waals surface area (Å²) in [7, 11) is 0. The lowest BCUT2D eigenvalue weighted by atomic mass is 9.48. The third kappa shape index (κ3) is 1.67. The Labute approximate surface area is 104 Å². The Bertz CT molecular complexity index is 275. The molecule has 5 aliphatic rings. The molecule has 1 saturated heterocycles. The van der Waals surface area contributed by atoms with Gasteiger partial charge in [0.05, 0.1) is 19.3 Å². The Hall–Kier alpha value is -0.0800. The molecular weight excluding hydrogens is 210 g/mol. The molecule has 0 aromatic carbocycles. The minimum absolute atomic E-state index is 0.651. The van der Waals surface area contributed by atoms with Gasteiger partial charge < -0.3 is 10.1 Å². The van der Waals surface area contributed by atoms with E-state index in [-0.39, 0.29) is 0 Å². The van der Waals surface area contributed by atoms with Gasteiger partial charge in [-0.3, -0.25) is 0 Å². The van der Waals surface area contributed by atoms with E-state index in [0.717, 1.165) is 31.0 Å². The lowest BCUT2D eigenvalue weighted by molar-refractivity contribution is -0.0848. The van der Waals surface area contributed by atoms with Crippen molar-refractivity contribution in [3.63, 3.8) is 0 Å². The van der Waals surface area contributed by atoms with Gasteiger partial charge in [-0.05, 0) is 68.6 Å². The summed E-state index contributed by atoms with van der Waals surface area (Å²) < 4.78 is 5.29. The highest BCUT2D eigenvalue weighted by atomic mass is 16.5. The van der Waals surface area contributed by atoms with Crippen LogP contribution in [-0.2, 0) is 4.74 Å². The van der Waals surface area contributed by atoms with Gasteiger partial charge in [0.25, 0.3) is 0 Å². The molecule has 0 aromatic heterocycles. The molecular formula is C15H25NO. The Balaban J connectivity index is 1.51. The van der Waals surface area contributed by atoms with Crippen molar-refractivity contribution in [1.82, 2.24) is 5.32 Å². The first-order chi connectivity index (χ1) is 8.23. The molecule has 2 heteroatoms. The van der Waals surface area contributed by atoms with Crippen molar-refractivity contribution >= 4 is 0 Å². The average Bonchev–Trinajstić information content (AvgIpc) is 2.21. The number of nitrogens with one attached hydrogen (secondary N) is 1. The Morgan fingerprint density at radius 1 is 1.00 bits per heavy atom. The minimum Gasteiger partial charge on any atom is -0.378 e. The second-order valence-electron chi connectivity index (χ2n) is 7.40. The summed E-state index contributed by atoms with van der Waals surface area (Å²) in [5, 5.41) is 3.85. The Morgan fingerprint density at radius 2 is 1.53 bits per heavy atom. The van der Waals surface area contributed by atoms with Crippen molar-refractivity contribution < 1.29 is 4.74 Å². The summed E-state index contributed by atoms with van der Waals surface area (Å²) in [6, 6.07) is 1.36. The summed E-state index contributed by atoms with van der Waals surface area (Å²) in [6.07, 6.45) is 9.21. The maximum Gasteiger partial charge on any atom is 0.0643 e. The highest BCUT2D eigenvalue weighted by molar-refractivity contribution is 5.05. The maximum atomic E-state index is 5.29. The van der Waals surface area contributed by atoms with Crippen LogP contribution < -0.4 is 5.32 Å². The molecule has 5 fully saturated rings. The van der Waals surface area contributed by atoms with Crippen molar-refractivity contribution in [2.75, 3.05) is 13.2 Å². The van der Waals surface area contributed by atoms with Gasteiger partial charge in [0.2, 0.25) is 0 Å². The van der Waals surface area contributed by atoms with E-state index >= 15 is 0 Å². The van der Waals surface area contributed by atoms with Crippen LogP contribution in [0.5, 0.6) is 0 Å². The van der Waals surface area contributed by atoms with Gasteiger partial charge in [-0.2, -0.15) is 0 Å². The quantitative estimate of drug-likeness (QED) is 0.812. The van der Waals surface area contributed by atoms with Crippen LogP contribution in [0, 0.1) is 23.2 Å². The van der Waals surface area contributed by atoms with Gasteiger partial charge >= 0.3 is 0 Å². The highest BCUT2D eigenvalue weighted by Crippen LogP contribution is 2.61. The van der Waals surface area contributed by atoms with E-state index in [1.807, 2.05) is 0 Å². The third-order valence-corrected chi connectivity index (χ3v) is 6.13. The predicted octanol–water partition coefficient (Wildman–Crippen LogP) is 2.58. The zero-order chi connectivity index (χ0) is 11.5. The monoisotopic (exact) mass is 235 g/mol. The van der Waals surface area contributed by atoms with Gasteiger partial charge in [0.15, 0.2) is 0 Å². The molecule has 17 heavy (non-hydrogen) atoms. The number of ether oxygens (including phenoxy) is 1. The van der Waals surface area contributed by atoms with Crippen molar-refractivity contribution in [2.45, 2.75) is 57.5 Å². The molecule has 2 nitrogen and oxygen atoms in total. The zero-order valence-corrected chi connectivity index (χ0v) is 11.0. The first-order valence-electron chi connectivity index (χ1n) is 7.57. The first kappa shape index (κ1) is 10.8. The topological polar surface area (TPSA) is 21.3 Å². The van der Waals surface area contributed by atoms with Crippen LogP contribution >= 0.6 is 0 Å². The summed E-state index contributed by atoms with van der Waals surface area (Å²) in [5.74, 6) is 3.22. The van der Waals surface area contributed by atoms with Crippen LogP contribution in [-0.4, -0.2) is 25.3 Å². The largest absolute Gasteiger partial charge is 0.378 e. The molecule has 4 aliphatic carbocycles. The fraction of sp³-hybridized carbons (Fsp3) is 1.00. The molecule has 0 amide bonds. The van der Waals surface area contributed by atoms with E-state index in [0.29, 0.717) is 17.5 Å². The van der Waals surface area contributed by atoms with Gasteiger partial charge in [0, 0.05) is 6.04 Å². The fourth-order valence-electron chi connectivity index (χ4n) is 5.57. The number of rotatable bonds is 3. The lowest BCUT2D eigenvalue weighted by Crippen LogP contribution is -2.59. The third-order valence-electron chi connectivity index (χ3n) is 6.13. The van der Waals surface area contributed by atoms with Crippen LogP contribution in [0.4, 0.5) is 0 Å². The van der Waals surface area contributed by atoms with E-state index in [1.54, 1.807) is 19.3 Å². The van der Waals surface area contributed by atoms with Gasteiger partial charge in [-0.25, -0.2) is 0 Å². The fourth-order valence-corrected chi connectivity index (χ4v) is 5.57. The summed E-state index contributed by atoms with van der Waals surface area (Å²) in [5.41, 5.74) is 0.657. The van der Waals surface area contributed by atoms with E-state index in [4.69, 9.17) is 4.74 Å². The van der Waals surface area contributed by atoms with Crippen molar-refractivity contribution in [1.29, 1.82) is 0 Å². The SMILES string of the molecule is CC(NC1COC1)C12CC3CC(CC(C3)C1)C2. The second-order valence-corrected chi connectivity index (χ2v) is 7.40. The molecule has 1 unspecified atom stereocenters. The minimum atomic E-state index is 0.651. The summed E-state index contributed by atoms with van der Waals surface area (Å²) in [4.78, 5) is 0. The lowest BCUT2D eigenvalue weighted by Gasteiger charge is -2.59. The van der Waals surface area contributed by atoms with Crippen LogP contribution in [0.3, 0.4) is 0 Å². The molecule has 1 heterocycles. The molecule has 5 rings (SSSR count). The van der Waals surface area contributed by atoms with Crippen LogP contribution in [0.1, 0.15) is 45.4 Å². The molecule has 4 saturated carbocycles.